The summed E-state index contributed by atoms with van der Waals surface area (Å²) in [6.45, 7) is 12.5. The predicted molar refractivity (Wildman–Crippen MR) is 91.4 cm³/mol. The van der Waals surface area contributed by atoms with Crippen molar-refractivity contribution in [2.75, 3.05) is 13.1 Å². The lowest BCUT2D eigenvalue weighted by atomic mass is 10.2. The monoisotopic (exact) mass is 327 g/mol. The molecular weight excluding hydrogens is 298 g/mol. The van der Waals surface area contributed by atoms with Crippen molar-refractivity contribution in [1.29, 1.82) is 0 Å². The summed E-state index contributed by atoms with van der Waals surface area (Å²) >= 11 is 5.18. The highest BCUT2D eigenvalue weighted by Gasteiger charge is 2.14. The molecule has 6 nitrogen and oxygen atoms in total. The Labute approximate surface area is 138 Å². The maximum absolute atomic E-state index is 12.1. The number of H-pyrrole nitrogens is 1. The first-order chi connectivity index (χ1) is 10.4. The van der Waals surface area contributed by atoms with Gasteiger partial charge in [0.15, 0.2) is 4.77 Å². The lowest BCUT2D eigenvalue weighted by Gasteiger charge is -2.30. The van der Waals surface area contributed by atoms with Crippen LogP contribution in [-0.2, 0) is 17.8 Å². The van der Waals surface area contributed by atoms with Gasteiger partial charge in [-0.2, -0.15) is 5.10 Å². The molecule has 0 radical (unpaired) electrons. The zero-order valence-corrected chi connectivity index (χ0v) is 15.2. The second-order valence-corrected chi connectivity index (χ2v) is 6.44. The van der Waals surface area contributed by atoms with Crippen LogP contribution in [0.1, 0.15) is 46.9 Å². The van der Waals surface area contributed by atoms with Crippen LogP contribution in [0.15, 0.2) is 0 Å². The molecule has 0 aromatic carbocycles. The summed E-state index contributed by atoms with van der Waals surface area (Å²) in [5.41, 5.74) is 0. The molecular formula is C15H29N5OS. The van der Waals surface area contributed by atoms with Crippen molar-refractivity contribution in [2.45, 2.75) is 66.1 Å². The number of nitrogens with zero attached hydrogens (tertiary/aromatic N) is 3. The molecule has 7 heteroatoms. The van der Waals surface area contributed by atoms with E-state index in [0.717, 1.165) is 25.2 Å². The van der Waals surface area contributed by atoms with E-state index in [1.807, 2.05) is 0 Å². The number of hydrogen-bond acceptors (Lipinski definition) is 4. The fourth-order valence-electron chi connectivity index (χ4n) is 2.56. The summed E-state index contributed by atoms with van der Waals surface area (Å²) in [5, 5.41) is 9.90. The Morgan fingerprint density at radius 2 is 2.00 bits per heavy atom. The van der Waals surface area contributed by atoms with Gasteiger partial charge >= 0.3 is 0 Å². The summed E-state index contributed by atoms with van der Waals surface area (Å²) in [6.07, 6.45) is 1.79. The van der Waals surface area contributed by atoms with E-state index in [2.05, 4.69) is 55.0 Å². The second kappa shape index (κ2) is 9.05. The van der Waals surface area contributed by atoms with Gasteiger partial charge in [0.25, 0.3) is 0 Å². The van der Waals surface area contributed by atoms with E-state index in [0.29, 0.717) is 23.4 Å². The molecule has 2 N–H and O–H groups in total. The summed E-state index contributed by atoms with van der Waals surface area (Å²) in [6, 6.07) is 0.936. The van der Waals surface area contributed by atoms with Crippen LogP contribution < -0.4 is 5.32 Å². The number of carbonyl (C=O) groups excluding carboxylic acids is 1. The molecule has 0 aliphatic heterocycles. The summed E-state index contributed by atoms with van der Waals surface area (Å²) in [7, 11) is 0. The van der Waals surface area contributed by atoms with E-state index >= 15 is 0 Å². The fraction of sp³-hybridized carbons (Fsp3) is 0.800. The molecule has 0 saturated carbocycles. The Morgan fingerprint density at radius 3 is 2.55 bits per heavy atom. The predicted octanol–water partition coefficient (Wildman–Crippen LogP) is 2.13. The van der Waals surface area contributed by atoms with Gasteiger partial charge in [-0.25, -0.2) is 0 Å². The zero-order chi connectivity index (χ0) is 16.7. The van der Waals surface area contributed by atoms with Crippen LogP contribution in [0.4, 0.5) is 0 Å². The van der Waals surface area contributed by atoms with Gasteiger partial charge in [-0.1, -0.05) is 6.92 Å². The number of rotatable bonds is 9. The van der Waals surface area contributed by atoms with E-state index in [9.17, 15) is 4.79 Å². The van der Waals surface area contributed by atoms with Gasteiger partial charge in [-0.3, -0.25) is 19.4 Å². The number of nitrogens with one attached hydrogen (secondary N) is 2. The van der Waals surface area contributed by atoms with Crippen molar-refractivity contribution in [1.82, 2.24) is 25.0 Å². The molecule has 126 valence electrons. The Balaban J connectivity index is 2.50. The van der Waals surface area contributed by atoms with E-state index in [4.69, 9.17) is 12.2 Å². The molecule has 0 fully saturated rings. The molecule has 0 bridgehead atoms. The van der Waals surface area contributed by atoms with Gasteiger partial charge in [0.2, 0.25) is 5.91 Å². The van der Waals surface area contributed by atoms with Crippen LogP contribution >= 0.6 is 12.2 Å². The van der Waals surface area contributed by atoms with Gasteiger partial charge in [0.1, 0.15) is 12.4 Å². The Kier molecular flexibility index (Phi) is 7.75. The first-order valence-corrected chi connectivity index (χ1v) is 8.44. The molecule has 0 spiro atoms. The average Bonchev–Trinajstić information content (AvgIpc) is 2.76. The summed E-state index contributed by atoms with van der Waals surface area (Å²) in [4.78, 5) is 14.5. The second-order valence-electron chi connectivity index (χ2n) is 6.06. The maximum Gasteiger partial charge on any atom is 0.240 e. The van der Waals surface area contributed by atoms with Crippen molar-refractivity contribution < 1.29 is 4.79 Å². The number of amides is 1. The molecule has 1 aromatic heterocycles. The van der Waals surface area contributed by atoms with Crippen LogP contribution in [-0.4, -0.2) is 50.7 Å². The molecule has 1 heterocycles. The molecule has 0 atom stereocenters. The smallest absolute Gasteiger partial charge is 0.240 e. The van der Waals surface area contributed by atoms with Crippen LogP contribution in [0.25, 0.3) is 0 Å². The molecule has 1 amide bonds. The molecule has 0 aliphatic carbocycles. The molecule has 0 saturated heterocycles. The number of aromatic amines is 1. The van der Waals surface area contributed by atoms with Crippen LogP contribution in [0.3, 0.4) is 0 Å². The minimum absolute atomic E-state index is 0.0256. The van der Waals surface area contributed by atoms with E-state index in [1.54, 1.807) is 4.57 Å². The van der Waals surface area contributed by atoms with Gasteiger partial charge in [0.05, 0.1) is 0 Å². The van der Waals surface area contributed by atoms with Gasteiger partial charge in [0, 0.05) is 31.6 Å². The highest BCUT2D eigenvalue weighted by Crippen LogP contribution is 2.04. The van der Waals surface area contributed by atoms with Crippen LogP contribution in [0.5, 0.6) is 0 Å². The lowest BCUT2D eigenvalue weighted by molar-refractivity contribution is -0.121. The quantitative estimate of drug-likeness (QED) is 0.682. The van der Waals surface area contributed by atoms with Crippen LogP contribution in [0, 0.1) is 4.77 Å². The van der Waals surface area contributed by atoms with Gasteiger partial charge in [-0.15, -0.1) is 0 Å². The standard InChI is InChI=1S/C15H29N5OS/c1-6-7-13-17-18-15(22)20(13)10-14(21)16-8-9-19(11(2)3)12(4)5/h11-12H,6-10H2,1-5H3,(H,16,21)(H,18,22). The van der Waals surface area contributed by atoms with Crippen molar-refractivity contribution in [3.05, 3.63) is 10.6 Å². The van der Waals surface area contributed by atoms with E-state index < -0.39 is 0 Å². The SMILES string of the molecule is CCCc1n[nH]c(=S)n1CC(=O)NCCN(C(C)C)C(C)C. The highest BCUT2D eigenvalue weighted by molar-refractivity contribution is 7.71. The summed E-state index contributed by atoms with van der Waals surface area (Å²) in [5.74, 6) is 0.816. The molecule has 22 heavy (non-hydrogen) atoms. The Bertz CT molecular complexity index is 512. The number of aromatic nitrogens is 3. The lowest BCUT2D eigenvalue weighted by Crippen LogP contribution is -2.43. The Hall–Kier alpha value is -1.21. The minimum Gasteiger partial charge on any atom is -0.353 e. The molecule has 1 rings (SSSR count). The van der Waals surface area contributed by atoms with Gasteiger partial charge < -0.3 is 5.32 Å². The summed E-state index contributed by atoms with van der Waals surface area (Å²) < 4.78 is 2.28. The average molecular weight is 327 g/mol. The third-order valence-corrected chi connectivity index (χ3v) is 3.94. The number of carbonyl (C=O) groups is 1. The largest absolute Gasteiger partial charge is 0.353 e. The first kappa shape index (κ1) is 18.8. The van der Waals surface area contributed by atoms with E-state index in [1.165, 1.54) is 0 Å². The highest BCUT2D eigenvalue weighted by atomic mass is 32.1. The van der Waals surface area contributed by atoms with Gasteiger partial charge in [-0.05, 0) is 46.3 Å². The number of hydrogen-bond donors (Lipinski definition) is 2. The zero-order valence-electron chi connectivity index (χ0n) is 14.3. The van der Waals surface area contributed by atoms with Crippen molar-refractivity contribution >= 4 is 18.1 Å². The molecule has 0 aliphatic rings. The Morgan fingerprint density at radius 1 is 1.36 bits per heavy atom. The maximum atomic E-state index is 12.1. The third kappa shape index (κ3) is 5.53. The van der Waals surface area contributed by atoms with Crippen molar-refractivity contribution in [2.24, 2.45) is 0 Å². The molecule has 0 unspecified atom stereocenters. The van der Waals surface area contributed by atoms with Crippen LogP contribution in [0.2, 0.25) is 0 Å². The fourth-order valence-corrected chi connectivity index (χ4v) is 2.78. The van der Waals surface area contributed by atoms with E-state index in [-0.39, 0.29) is 12.5 Å². The van der Waals surface area contributed by atoms with Crippen molar-refractivity contribution in [3.63, 3.8) is 0 Å². The minimum atomic E-state index is -0.0256. The van der Waals surface area contributed by atoms with Crippen molar-refractivity contribution in [3.8, 4) is 0 Å². The normalized spacial score (nSPS) is 11.6. The number of aryl methyl sites for hydroxylation is 1. The third-order valence-electron chi connectivity index (χ3n) is 3.63. The molecule has 1 aromatic rings. The first-order valence-electron chi connectivity index (χ1n) is 8.03. The topological polar surface area (TPSA) is 66.0 Å².